The van der Waals surface area contributed by atoms with E-state index in [1.807, 2.05) is 32.0 Å². The average molecular weight is 337 g/mol. The predicted octanol–water partition coefficient (Wildman–Crippen LogP) is 3.77. The molecule has 2 aromatic rings. The molecule has 22 heavy (non-hydrogen) atoms. The number of nitro groups is 1. The lowest BCUT2D eigenvalue weighted by atomic mass is 10.2. The highest BCUT2D eigenvalue weighted by Gasteiger charge is 2.26. The number of hydrogen-bond acceptors (Lipinski definition) is 5. The molecule has 0 spiro atoms. The fourth-order valence-corrected chi connectivity index (χ4v) is 4.04. The van der Waals surface area contributed by atoms with Crippen LogP contribution in [0.4, 0.5) is 5.69 Å². The van der Waals surface area contributed by atoms with Gasteiger partial charge in [0.05, 0.1) is 9.82 Å². The summed E-state index contributed by atoms with van der Waals surface area (Å²) < 4.78 is 23.5. The second-order valence-electron chi connectivity index (χ2n) is 5.00. The van der Waals surface area contributed by atoms with Crippen LogP contribution in [0.3, 0.4) is 0 Å². The third-order valence-corrected chi connectivity index (χ3v) is 5.45. The Balaban J connectivity index is 2.59. The molecule has 0 heterocycles. The van der Waals surface area contributed by atoms with Crippen molar-refractivity contribution in [3.05, 3.63) is 57.6 Å². The van der Waals surface area contributed by atoms with Gasteiger partial charge >= 0.3 is 5.69 Å². The maximum Gasteiger partial charge on any atom is 0.301 e. The molecule has 2 aromatic carbocycles. The van der Waals surface area contributed by atoms with E-state index in [2.05, 4.69) is 0 Å². The first-order chi connectivity index (χ1) is 10.2. The molecule has 0 saturated carbocycles. The lowest BCUT2D eigenvalue weighted by Gasteiger charge is -2.09. The number of rotatable bonds is 4. The van der Waals surface area contributed by atoms with Gasteiger partial charge in [-0.2, -0.15) is 0 Å². The number of sulfone groups is 1. The van der Waals surface area contributed by atoms with Crippen LogP contribution in [0.1, 0.15) is 11.1 Å². The fraction of sp³-hybridized carbons (Fsp3) is 0.200. The van der Waals surface area contributed by atoms with Crippen LogP contribution >= 0.6 is 11.8 Å². The largest absolute Gasteiger partial charge is 0.301 e. The molecule has 0 N–H and O–H groups in total. The van der Waals surface area contributed by atoms with E-state index in [1.165, 1.54) is 23.9 Å². The van der Waals surface area contributed by atoms with Gasteiger partial charge in [-0.25, -0.2) is 8.42 Å². The highest BCUT2D eigenvalue weighted by molar-refractivity contribution is 7.99. The summed E-state index contributed by atoms with van der Waals surface area (Å²) in [5.41, 5.74) is 1.72. The van der Waals surface area contributed by atoms with Crippen LogP contribution in [-0.4, -0.2) is 19.6 Å². The van der Waals surface area contributed by atoms with Crippen molar-refractivity contribution in [3.63, 3.8) is 0 Å². The molecule has 2 rings (SSSR count). The number of para-hydroxylation sites is 1. The first kappa shape index (κ1) is 16.5. The zero-order valence-corrected chi connectivity index (χ0v) is 14.0. The lowest BCUT2D eigenvalue weighted by molar-refractivity contribution is -0.390. The molecule has 7 heteroatoms. The Labute approximate surface area is 133 Å². The molecule has 5 nitrogen and oxygen atoms in total. The van der Waals surface area contributed by atoms with Gasteiger partial charge in [0, 0.05) is 11.2 Å². The Hall–Kier alpha value is -1.86. The third kappa shape index (κ3) is 3.48. The highest BCUT2D eigenvalue weighted by Crippen LogP contribution is 2.39. The van der Waals surface area contributed by atoms with Crippen LogP contribution in [-0.2, 0) is 9.84 Å². The highest BCUT2D eigenvalue weighted by atomic mass is 32.2. The van der Waals surface area contributed by atoms with Gasteiger partial charge < -0.3 is 0 Å². The fourth-order valence-electron chi connectivity index (χ4n) is 2.10. The molecule has 0 amide bonds. The van der Waals surface area contributed by atoms with Crippen molar-refractivity contribution in [1.29, 1.82) is 0 Å². The summed E-state index contributed by atoms with van der Waals surface area (Å²) >= 11 is 1.20. The summed E-state index contributed by atoms with van der Waals surface area (Å²) in [6.45, 7) is 3.88. The van der Waals surface area contributed by atoms with Crippen molar-refractivity contribution < 1.29 is 13.3 Å². The normalized spacial score (nSPS) is 11.4. The van der Waals surface area contributed by atoms with Gasteiger partial charge in [-0.05, 0) is 37.6 Å². The Morgan fingerprint density at radius 3 is 2.32 bits per heavy atom. The molecule has 0 saturated heterocycles. The summed E-state index contributed by atoms with van der Waals surface area (Å²) in [7, 11) is -3.67. The van der Waals surface area contributed by atoms with Gasteiger partial charge in [-0.15, -0.1) is 0 Å². The quantitative estimate of drug-likeness (QED) is 0.627. The smallest absolute Gasteiger partial charge is 0.258 e. The molecule has 0 aliphatic carbocycles. The van der Waals surface area contributed by atoms with E-state index in [0.717, 1.165) is 22.3 Å². The van der Waals surface area contributed by atoms with Crippen molar-refractivity contribution in [2.75, 3.05) is 6.26 Å². The maximum atomic E-state index is 11.8. The van der Waals surface area contributed by atoms with Crippen molar-refractivity contribution in [2.24, 2.45) is 0 Å². The molecule has 116 valence electrons. The second kappa shape index (κ2) is 6.10. The number of aryl methyl sites for hydroxylation is 2. The minimum absolute atomic E-state index is 0.257. The van der Waals surface area contributed by atoms with E-state index < -0.39 is 14.8 Å². The van der Waals surface area contributed by atoms with Gasteiger partial charge in [-0.3, -0.25) is 10.1 Å². The monoisotopic (exact) mass is 337 g/mol. The summed E-state index contributed by atoms with van der Waals surface area (Å²) in [5, 5.41) is 11.3. The van der Waals surface area contributed by atoms with E-state index in [-0.39, 0.29) is 10.6 Å². The molecule has 0 atom stereocenters. The van der Waals surface area contributed by atoms with Gasteiger partial charge in [0.1, 0.15) is 4.90 Å². The molecule has 0 aromatic heterocycles. The molecule has 0 aliphatic rings. The molecule has 0 fully saturated rings. The summed E-state index contributed by atoms with van der Waals surface area (Å²) in [6, 6.07) is 10.1. The van der Waals surface area contributed by atoms with Gasteiger partial charge in [-0.1, -0.05) is 35.5 Å². The molecule has 0 unspecified atom stereocenters. The zero-order valence-electron chi connectivity index (χ0n) is 12.4. The van der Waals surface area contributed by atoms with Crippen LogP contribution in [0, 0.1) is 24.0 Å². The second-order valence-corrected chi connectivity index (χ2v) is 8.07. The van der Waals surface area contributed by atoms with Crippen LogP contribution in [0.15, 0.2) is 51.1 Å². The third-order valence-electron chi connectivity index (χ3n) is 3.09. The Morgan fingerprint density at radius 2 is 1.77 bits per heavy atom. The van der Waals surface area contributed by atoms with E-state index in [0.29, 0.717) is 4.90 Å². The van der Waals surface area contributed by atoms with Crippen molar-refractivity contribution >= 4 is 27.3 Å². The van der Waals surface area contributed by atoms with Gasteiger partial charge in [0.15, 0.2) is 9.84 Å². The van der Waals surface area contributed by atoms with Crippen molar-refractivity contribution in [1.82, 2.24) is 0 Å². The van der Waals surface area contributed by atoms with E-state index >= 15 is 0 Å². The van der Waals surface area contributed by atoms with Crippen molar-refractivity contribution in [2.45, 2.75) is 28.5 Å². The minimum atomic E-state index is -3.67. The molecular formula is C15H15NO4S2. The lowest BCUT2D eigenvalue weighted by Crippen LogP contribution is -2.03. The van der Waals surface area contributed by atoms with Gasteiger partial charge in [0.2, 0.25) is 0 Å². The van der Waals surface area contributed by atoms with E-state index in [9.17, 15) is 18.5 Å². The van der Waals surface area contributed by atoms with Crippen LogP contribution < -0.4 is 0 Å². The molecule has 0 radical (unpaired) electrons. The Bertz CT molecular complexity index is 845. The Kier molecular flexibility index (Phi) is 4.58. The summed E-state index contributed by atoms with van der Waals surface area (Å²) in [6.07, 6.45) is 0.973. The zero-order chi connectivity index (χ0) is 16.5. The standard InChI is InChI=1S/C15H15NO4S2/c1-10-7-8-12(11(2)9-10)21-13-5-4-6-14(22(3,19)20)15(13)16(17)18/h4-9H,1-3H3. The van der Waals surface area contributed by atoms with Crippen LogP contribution in [0.5, 0.6) is 0 Å². The predicted molar refractivity (Wildman–Crippen MR) is 86.2 cm³/mol. The number of nitrogens with zero attached hydrogens (tertiary/aromatic N) is 1. The summed E-state index contributed by atoms with van der Waals surface area (Å²) in [5.74, 6) is 0. The van der Waals surface area contributed by atoms with Crippen LogP contribution in [0.25, 0.3) is 0 Å². The van der Waals surface area contributed by atoms with Crippen molar-refractivity contribution in [3.8, 4) is 0 Å². The molecule has 0 aliphatic heterocycles. The molecular weight excluding hydrogens is 322 g/mol. The van der Waals surface area contributed by atoms with E-state index in [4.69, 9.17) is 0 Å². The number of nitro benzene ring substituents is 1. The Morgan fingerprint density at radius 1 is 1.09 bits per heavy atom. The molecule has 0 bridgehead atoms. The SMILES string of the molecule is Cc1ccc(Sc2cccc(S(C)(=O)=O)c2[N+](=O)[O-])c(C)c1. The average Bonchev–Trinajstić information content (AvgIpc) is 2.40. The first-order valence-electron chi connectivity index (χ1n) is 6.42. The topological polar surface area (TPSA) is 77.3 Å². The number of benzene rings is 2. The van der Waals surface area contributed by atoms with E-state index in [1.54, 1.807) is 6.07 Å². The summed E-state index contributed by atoms with van der Waals surface area (Å²) in [4.78, 5) is 11.6. The minimum Gasteiger partial charge on any atom is -0.258 e. The maximum absolute atomic E-state index is 11.8. The van der Waals surface area contributed by atoms with Gasteiger partial charge in [0.25, 0.3) is 0 Å². The van der Waals surface area contributed by atoms with Crippen LogP contribution in [0.2, 0.25) is 0 Å². The first-order valence-corrected chi connectivity index (χ1v) is 9.13. The number of hydrogen-bond donors (Lipinski definition) is 0.